The second-order valence-corrected chi connectivity index (χ2v) is 8.51. The molecule has 1 unspecified atom stereocenters. The fraction of sp³-hybridized carbons (Fsp3) is 0.214. The second-order valence-electron chi connectivity index (χ2n) is 8.51. The largest absolute Gasteiger partial charge is 0.507 e. The van der Waals surface area contributed by atoms with Gasteiger partial charge in [0.15, 0.2) is 0 Å². The Bertz CT molecular complexity index is 1350. The number of hydrogen-bond donors (Lipinski definition) is 1. The highest BCUT2D eigenvalue weighted by Gasteiger charge is 2.47. The monoisotopic (exact) mass is 477 g/mol. The van der Waals surface area contributed by atoms with E-state index in [4.69, 9.17) is 4.74 Å². The Morgan fingerprint density at radius 3 is 2.46 bits per heavy atom. The number of carbonyl (C=O) groups is 2. The summed E-state index contributed by atoms with van der Waals surface area (Å²) >= 11 is 0. The molecule has 0 spiro atoms. The van der Waals surface area contributed by atoms with Gasteiger partial charge in [0.05, 0.1) is 23.9 Å². The summed E-state index contributed by atoms with van der Waals surface area (Å²) in [5.74, 6) is -3.50. The van der Waals surface area contributed by atoms with Gasteiger partial charge in [0.25, 0.3) is 11.7 Å². The predicted octanol–water partition coefficient (Wildman–Crippen LogP) is 6.00. The molecule has 0 bridgehead atoms. The van der Waals surface area contributed by atoms with Gasteiger partial charge in [-0.15, -0.1) is 0 Å². The van der Waals surface area contributed by atoms with Crippen molar-refractivity contribution in [1.29, 1.82) is 0 Å². The molecule has 7 heteroatoms. The maximum Gasteiger partial charge on any atom is 0.300 e. The van der Waals surface area contributed by atoms with Crippen LogP contribution >= 0.6 is 0 Å². The third-order valence-electron chi connectivity index (χ3n) is 5.88. The molecule has 1 fully saturated rings. The van der Waals surface area contributed by atoms with Crippen LogP contribution in [-0.2, 0) is 9.59 Å². The number of nitrogens with zero attached hydrogens (tertiary/aromatic N) is 1. The van der Waals surface area contributed by atoms with Crippen molar-refractivity contribution in [3.05, 3.63) is 100 Å². The van der Waals surface area contributed by atoms with Crippen LogP contribution in [0.25, 0.3) is 5.76 Å². The number of aliphatic hydroxyl groups excluding tert-OH is 1. The number of anilines is 1. The van der Waals surface area contributed by atoms with Crippen molar-refractivity contribution in [1.82, 2.24) is 0 Å². The topological polar surface area (TPSA) is 66.8 Å². The lowest BCUT2D eigenvalue weighted by Gasteiger charge is -2.26. The molecule has 1 N–H and O–H groups in total. The van der Waals surface area contributed by atoms with E-state index in [1.165, 1.54) is 0 Å². The fourth-order valence-corrected chi connectivity index (χ4v) is 4.24. The summed E-state index contributed by atoms with van der Waals surface area (Å²) in [5.41, 5.74) is 1.99. The number of aliphatic hydroxyl groups is 1. The van der Waals surface area contributed by atoms with Crippen molar-refractivity contribution >= 4 is 23.1 Å². The molecule has 35 heavy (non-hydrogen) atoms. The van der Waals surface area contributed by atoms with Crippen LogP contribution in [-0.4, -0.2) is 23.4 Å². The van der Waals surface area contributed by atoms with Crippen molar-refractivity contribution in [2.24, 2.45) is 0 Å². The molecular formula is C28H25F2NO4. The minimum atomic E-state index is -1.11. The molecule has 1 atom stereocenters. The van der Waals surface area contributed by atoms with E-state index >= 15 is 0 Å². The molecule has 3 aromatic rings. The maximum absolute atomic E-state index is 14.8. The highest BCUT2D eigenvalue weighted by molar-refractivity contribution is 6.51. The summed E-state index contributed by atoms with van der Waals surface area (Å²) in [5, 5.41) is 11.3. The van der Waals surface area contributed by atoms with Crippen LogP contribution in [0, 0.1) is 25.5 Å². The first kappa shape index (κ1) is 24.1. The minimum absolute atomic E-state index is 0.175. The van der Waals surface area contributed by atoms with Gasteiger partial charge >= 0.3 is 0 Å². The number of carbonyl (C=O) groups excluding carboxylic acids is 2. The fourth-order valence-electron chi connectivity index (χ4n) is 4.24. The van der Waals surface area contributed by atoms with Crippen LogP contribution < -0.4 is 9.64 Å². The number of ketones is 1. The van der Waals surface area contributed by atoms with Crippen molar-refractivity contribution in [3.8, 4) is 5.75 Å². The molecule has 3 aromatic carbocycles. The highest BCUT2D eigenvalue weighted by Crippen LogP contribution is 2.43. The van der Waals surface area contributed by atoms with Gasteiger partial charge in [0.2, 0.25) is 0 Å². The van der Waals surface area contributed by atoms with Crippen molar-refractivity contribution < 1.29 is 28.2 Å². The van der Waals surface area contributed by atoms with Crippen LogP contribution in [0.1, 0.15) is 41.6 Å². The van der Waals surface area contributed by atoms with Gasteiger partial charge in [-0.05, 0) is 61.7 Å². The first-order chi connectivity index (χ1) is 16.7. The van der Waals surface area contributed by atoms with Crippen molar-refractivity contribution in [2.75, 3.05) is 11.5 Å². The molecule has 1 saturated heterocycles. The average molecular weight is 478 g/mol. The van der Waals surface area contributed by atoms with E-state index < -0.39 is 29.4 Å². The van der Waals surface area contributed by atoms with E-state index in [9.17, 15) is 23.5 Å². The number of hydrogen-bond acceptors (Lipinski definition) is 4. The lowest BCUT2D eigenvalue weighted by atomic mass is 9.93. The smallest absolute Gasteiger partial charge is 0.300 e. The quantitative estimate of drug-likeness (QED) is 0.269. The lowest BCUT2D eigenvalue weighted by molar-refractivity contribution is -0.132. The van der Waals surface area contributed by atoms with Crippen molar-refractivity contribution in [3.63, 3.8) is 0 Å². The zero-order valence-corrected chi connectivity index (χ0v) is 19.6. The highest BCUT2D eigenvalue weighted by atomic mass is 19.1. The zero-order valence-electron chi connectivity index (χ0n) is 19.6. The van der Waals surface area contributed by atoms with Gasteiger partial charge in [-0.3, -0.25) is 14.5 Å². The molecule has 0 saturated carbocycles. The molecule has 0 radical (unpaired) electrons. The summed E-state index contributed by atoms with van der Waals surface area (Å²) < 4.78 is 34.1. The second kappa shape index (κ2) is 9.70. The summed E-state index contributed by atoms with van der Waals surface area (Å²) in [7, 11) is 0. The number of aryl methyl sites for hydroxylation is 2. The van der Waals surface area contributed by atoms with Gasteiger partial charge in [-0.2, -0.15) is 0 Å². The number of amides is 1. The zero-order chi connectivity index (χ0) is 25.3. The van der Waals surface area contributed by atoms with Gasteiger partial charge in [0.1, 0.15) is 23.1 Å². The molecule has 1 aliphatic rings. The Hall–Kier alpha value is -4.00. The normalized spacial score (nSPS) is 17.2. The van der Waals surface area contributed by atoms with E-state index in [0.717, 1.165) is 34.6 Å². The molecule has 1 heterocycles. The van der Waals surface area contributed by atoms with E-state index in [1.807, 2.05) is 26.8 Å². The Kier molecular flexibility index (Phi) is 6.69. The maximum atomic E-state index is 14.8. The number of Topliss-reactive ketones (excluding diaryl/α,β-unsaturated/α-hetero) is 1. The number of benzene rings is 3. The van der Waals surface area contributed by atoms with E-state index in [-0.39, 0.29) is 17.0 Å². The van der Waals surface area contributed by atoms with E-state index in [1.54, 1.807) is 36.4 Å². The van der Waals surface area contributed by atoms with Crippen molar-refractivity contribution in [2.45, 2.75) is 33.2 Å². The van der Waals surface area contributed by atoms with Crippen LogP contribution in [0.3, 0.4) is 0 Å². The van der Waals surface area contributed by atoms with Gasteiger partial charge in [-0.25, -0.2) is 8.78 Å². The molecule has 1 aliphatic heterocycles. The summed E-state index contributed by atoms with van der Waals surface area (Å²) in [4.78, 5) is 27.3. The first-order valence-electron chi connectivity index (χ1n) is 11.3. The average Bonchev–Trinajstić information content (AvgIpc) is 3.08. The third-order valence-corrected chi connectivity index (χ3v) is 5.88. The lowest BCUT2D eigenvalue weighted by Crippen LogP contribution is -2.30. The van der Waals surface area contributed by atoms with Crippen LogP contribution in [0.4, 0.5) is 14.5 Å². The first-order valence-corrected chi connectivity index (χ1v) is 11.3. The summed E-state index contributed by atoms with van der Waals surface area (Å²) in [6, 6.07) is 13.7. The van der Waals surface area contributed by atoms with Gasteiger partial charge in [0, 0.05) is 11.6 Å². The molecule has 0 aromatic heterocycles. The van der Waals surface area contributed by atoms with Crippen LogP contribution in [0.5, 0.6) is 5.75 Å². The van der Waals surface area contributed by atoms with Gasteiger partial charge in [-0.1, -0.05) is 36.8 Å². The predicted molar refractivity (Wildman–Crippen MR) is 129 cm³/mol. The standard InChI is InChI=1S/C28H25F2NO4/c1-4-12-35-23-11-8-19(14-17(23)3)26(32)24-25(18-7-5-6-16(2)13-18)31(28(34)27(24)33)22-10-9-20(29)15-21(22)30/h5-11,13-15,25,32H,4,12H2,1-3H3/b26-24+. The Morgan fingerprint density at radius 1 is 1.03 bits per heavy atom. The minimum Gasteiger partial charge on any atom is -0.507 e. The number of halogens is 2. The van der Waals surface area contributed by atoms with Gasteiger partial charge < -0.3 is 9.84 Å². The number of rotatable bonds is 6. The molecule has 4 rings (SSSR count). The van der Waals surface area contributed by atoms with E-state index in [2.05, 4.69) is 0 Å². The molecule has 1 amide bonds. The third kappa shape index (κ3) is 4.54. The van der Waals surface area contributed by atoms with Crippen LogP contribution in [0.15, 0.2) is 66.2 Å². The molecule has 5 nitrogen and oxygen atoms in total. The van der Waals surface area contributed by atoms with E-state index in [0.29, 0.717) is 29.5 Å². The Morgan fingerprint density at radius 2 is 1.80 bits per heavy atom. The summed E-state index contributed by atoms with van der Waals surface area (Å²) in [6.07, 6.45) is 0.834. The SMILES string of the molecule is CCCOc1ccc(/C(O)=C2\C(=O)C(=O)N(c3ccc(F)cc3F)C2c2cccc(C)c2)cc1C. The van der Waals surface area contributed by atoms with Crippen LogP contribution in [0.2, 0.25) is 0 Å². The molecule has 180 valence electrons. The molecule has 0 aliphatic carbocycles. The Balaban J connectivity index is 1.91. The number of ether oxygens (including phenoxy) is 1. The Labute approximate surface area is 202 Å². The summed E-state index contributed by atoms with van der Waals surface area (Å²) in [6.45, 7) is 6.18. The molecular weight excluding hydrogens is 452 g/mol.